The summed E-state index contributed by atoms with van der Waals surface area (Å²) in [6, 6.07) is 7.09. The molecule has 0 amide bonds. The Labute approximate surface area is 120 Å². The van der Waals surface area contributed by atoms with Crippen molar-refractivity contribution in [2.75, 3.05) is 0 Å². The van der Waals surface area contributed by atoms with Crippen LogP contribution in [0.4, 0.5) is 0 Å². The standard InChI is InChI=1S/C13H13Cl2NOS/c1-8(16)13(9-4-5-18-7-9)17-10-2-3-11(14)12(15)6-10/h2-8,13H,16H2,1H3. The normalized spacial score (nSPS) is 14.2. The van der Waals surface area contributed by atoms with E-state index in [1.165, 1.54) is 0 Å². The zero-order valence-electron chi connectivity index (χ0n) is 9.77. The average Bonchev–Trinajstić information content (AvgIpc) is 2.83. The van der Waals surface area contributed by atoms with E-state index < -0.39 is 0 Å². The first-order valence-electron chi connectivity index (χ1n) is 5.47. The molecule has 1 aromatic carbocycles. The van der Waals surface area contributed by atoms with Crippen molar-refractivity contribution in [3.05, 3.63) is 50.6 Å². The molecule has 18 heavy (non-hydrogen) atoms. The molecule has 5 heteroatoms. The van der Waals surface area contributed by atoms with E-state index in [9.17, 15) is 0 Å². The lowest BCUT2D eigenvalue weighted by atomic mass is 10.1. The molecule has 0 saturated carbocycles. The van der Waals surface area contributed by atoms with Gasteiger partial charge in [-0.25, -0.2) is 0 Å². The van der Waals surface area contributed by atoms with Crippen LogP contribution in [-0.2, 0) is 0 Å². The van der Waals surface area contributed by atoms with Crippen LogP contribution < -0.4 is 10.5 Å². The first kappa shape index (κ1) is 13.7. The molecule has 0 aliphatic rings. The van der Waals surface area contributed by atoms with Crippen LogP contribution in [0.5, 0.6) is 5.75 Å². The second-order valence-corrected chi connectivity index (χ2v) is 5.62. The fraction of sp³-hybridized carbons (Fsp3) is 0.231. The van der Waals surface area contributed by atoms with Crippen molar-refractivity contribution >= 4 is 34.5 Å². The maximum Gasteiger partial charge on any atom is 0.139 e. The molecule has 0 radical (unpaired) electrons. The summed E-state index contributed by atoms with van der Waals surface area (Å²) in [5.41, 5.74) is 7.03. The van der Waals surface area contributed by atoms with Gasteiger partial charge in [0, 0.05) is 17.7 Å². The molecule has 2 nitrogen and oxygen atoms in total. The highest BCUT2D eigenvalue weighted by Crippen LogP contribution is 2.30. The minimum atomic E-state index is -0.187. The van der Waals surface area contributed by atoms with E-state index in [-0.39, 0.29) is 12.1 Å². The van der Waals surface area contributed by atoms with E-state index in [4.69, 9.17) is 33.7 Å². The second-order valence-electron chi connectivity index (χ2n) is 4.03. The van der Waals surface area contributed by atoms with Crippen molar-refractivity contribution in [1.82, 2.24) is 0 Å². The number of hydrogen-bond donors (Lipinski definition) is 1. The molecule has 0 bridgehead atoms. The highest BCUT2D eigenvalue weighted by atomic mass is 35.5. The molecule has 2 unspecified atom stereocenters. The predicted octanol–water partition coefficient (Wildman–Crippen LogP) is 4.52. The zero-order chi connectivity index (χ0) is 13.1. The lowest BCUT2D eigenvalue weighted by Gasteiger charge is -2.22. The molecular formula is C13H13Cl2NOS. The summed E-state index contributed by atoms with van der Waals surface area (Å²) in [5, 5.41) is 5.02. The molecule has 96 valence electrons. The van der Waals surface area contributed by atoms with Gasteiger partial charge in [-0.3, -0.25) is 0 Å². The van der Waals surface area contributed by atoms with E-state index >= 15 is 0 Å². The Morgan fingerprint density at radius 1 is 1.22 bits per heavy atom. The Hall–Kier alpha value is -0.740. The molecule has 2 aromatic rings. The number of nitrogens with two attached hydrogens (primary N) is 1. The Morgan fingerprint density at radius 3 is 2.56 bits per heavy atom. The predicted molar refractivity (Wildman–Crippen MR) is 77.8 cm³/mol. The quantitative estimate of drug-likeness (QED) is 0.901. The summed E-state index contributed by atoms with van der Waals surface area (Å²) in [5.74, 6) is 0.665. The van der Waals surface area contributed by atoms with Gasteiger partial charge in [-0.2, -0.15) is 11.3 Å². The molecule has 0 spiro atoms. The third-order valence-electron chi connectivity index (χ3n) is 2.50. The van der Waals surface area contributed by atoms with Gasteiger partial charge in [0.25, 0.3) is 0 Å². The molecular weight excluding hydrogens is 289 g/mol. The van der Waals surface area contributed by atoms with Gasteiger partial charge in [-0.05, 0) is 35.9 Å². The van der Waals surface area contributed by atoms with Crippen molar-refractivity contribution in [3.63, 3.8) is 0 Å². The average molecular weight is 302 g/mol. The highest BCUT2D eigenvalue weighted by Gasteiger charge is 2.19. The van der Waals surface area contributed by atoms with Crippen LogP contribution in [0.1, 0.15) is 18.6 Å². The van der Waals surface area contributed by atoms with Crippen LogP contribution in [-0.4, -0.2) is 6.04 Å². The van der Waals surface area contributed by atoms with E-state index in [0.717, 1.165) is 5.56 Å². The maximum absolute atomic E-state index is 5.96. The number of halogens is 2. The number of benzene rings is 1. The summed E-state index contributed by atoms with van der Waals surface area (Å²) < 4.78 is 5.89. The van der Waals surface area contributed by atoms with Crippen molar-refractivity contribution in [2.45, 2.75) is 19.1 Å². The molecule has 1 heterocycles. The van der Waals surface area contributed by atoms with E-state index in [2.05, 4.69) is 0 Å². The third kappa shape index (κ3) is 3.18. The lowest BCUT2D eigenvalue weighted by Crippen LogP contribution is -2.28. The lowest BCUT2D eigenvalue weighted by molar-refractivity contribution is 0.181. The van der Waals surface area contributed by atoms with Crippen molar-refractivity contribution in [1.29, 1.82) is 0 Å². The smallest absolute Gasteiger partial charge is 0.139 e. The Bertz CT molecular complexity index is 514. The van der Waals surface area contributed by atoms with Crippen molar-refractivity contribution < 1.29 is 4.74 Å². The summed E-state index contributed by atoms with van der Waals surface area (Å²) >= 11 is 13.4. The second kappa shape index (κ2) is 5.93. The molecule has 2 atom stereocenters. The first-order valence-corrected chi connectivity index (χ1v) is 7.17. The zero-order valence-corrected chi connectivity index (χ0v) is 12.1. The van der Waals surface area contributed by atoms with Crippen LogP contribution in [0.15, 0.2) is 35.0 Å². The fourth-order valence-corrected chi connectivity index (χ4v) is 2.58. The Morgan fingerprint density at radius 2 is 2.00 bits per heavy atom. The number of thiophene rings is 1. The Kier molecular flexibility index (Phi) is 4.51. The maximum atomic E-state index is 5.96. The van der Waals surface area contributed by atoms with Gasteiger partial charge in [0.1, 0.15) is 11.9 Å². The van der Waals surface area contributed by atoms with Crippen LogP contribution >= 0.6 is 34.5 Å². The largest absolute Gasteiger partial charge is 0.484 e. The van der Waals surface area contributed by atoms with Gasteiger partial charge in [0.2, 0.25) is 0 Å². The van der Waals surface area contributed by atoms with Crippen molar-refractivity contribution in [3.8, 4) is 5.75 Å². The van der Waals surface area contributed by atoms with Crippen LogP contribution in [0, 0.1) is 0 Å². The number of rotatable bonds is 4. The van der Waals surface area contributed by atoms with Crippen molar-refractivity contribution in [2.24, 2.45) is 5.73 Å². The van der Waals surface area contributed by atoms with Gasteiger partial charge in [-0.15, -0.1) is 0 Å². The van der Waals surface area contributed by atoms with E-state index in [1.54, 1.807) is 29.5 Å². The van der Waals surface area contributed by atoms with E-state index in [1.807, 2.05) is 23.8 Å². The summed E-state index contributed by atoms with van der Waals surface area (Å²) in [6.45, 7) is 1.92. The van der Waals surface area contributed by atoms with Gasteiger partial charge < -0.3 is 10.5 Å². The van der Waals surface area contributed by atoms with Crippen LogP contribution in [0.3, 0.4) is 0 Å². The molecule has 0 saturated heterocycles. The highest BCUT2D eigenvalue weighted by molar-refractivity contribution is 7.07. The topological polar surface area (TPSA) is 35.2 Å². The van der Waals surface area contributed by atoms with Crippen LogP contribution in [0.2, 0.25) is 10.0 Å². The minimum Gasteiger partial charge on any atom is -0.484 e. The molecule has 0 aliphatic carbocycles. The number of ether oxygens (including phenoxy) is 1. The first-order chi connectivity index (χ1) is 8.58. The molecule has 0 aliphatic heterocycles. The summed E-state index contributed by atoms with van der Waals surface area (Å²) in [6.07, 6.45) is -0.187. The fourth-order valence-electron chi connectivity index (χ4n) is 1.61. The third-order valence-corrected chi connectivity index (χ3v) is 3.94. The van der Waals surface area contributed by atoms with Gasteiger partial charge >= 0.3 is 0 Å². The molecule has 2 N–H and O–H groups in total. The van der Waals surface area contributed by atoms with E-state index in [0.29, 0.717) is 15.8 Å². The minimum absolute atomic E-state index is 0.117. The monoisotopic (exact) mass is 301 g/mol. The summed E-state index contributed by atoms with van der Waals surface area (Å²) in [7, 11) is 0. The van der Waals surface area contributed by atoms with Gasteiger partial charge in [0.05, 0.1) is 10.0 Å². The molecule has 1 aromatic heterocycles. The molecule has 2 rings (SSSR count). The molecule has 0 fully saturated rings. The SMILES string of the molecule is CC(N)C(Oc1ccc(Cl)c(Cl)c1)c1ccsc1. The summed E-state index contributed by atoms with van der Waals surface area (Å²) in [4.78, 5) is 0. The van der Waals surface area contributed by atoms with Gasteiger partial charge in [-0.1, -0.05) is 23.2 Å². The number of hydrogen-bond acceptors (Lipinski definition) is 3. The van der Waals surface area contributed by atoms with Gasteiger partial charge in [0.15, 0.2) is 0 Å². The van der Waals surface area contributed by atoms with Crippen LogP contribution in [0.25, 0.3) is 0 Å². The Balaban J connectivity index is 2.21.